The van der Waals surface area contributed by atoms with Gasteiger partial charge in [-0.15, -0.1) is 10.2 Å². The van der Waals surface area contributed by atoms with Crippen molar-refractivity contribution < 1.29 is 9.72 Å². The largest absolute Gasteiger partial charge is 0.295 e. The molecule has 3 rings (SSSR count). The molecule has 9 nitrogen and oxygen atoms in total. The molecule has 10 heteroatoms. The number of carbonyl (C=O) groups is 1. The second-order valence-electron chi connectivity index (χ2n) is 5.83. The molecule has 0 atom stereocenters. The SMILES string of the molecule is CCCCCc1nnc(NC(=O)c2ccn(-c3cccc([N+](=O)[O-])c3)n2)s1. The second-order valence-corrected chi connectivity index (χ2v) is 6.90. The molecule has 0 radical (unpaired) electrons. The summed E-state index contributed by atoms with van der Waals surface area (Å²) >= 11 is 1.35. The smallest absolute Gasteiger partial charge is 0.277 e. The summed E-state index contributed by atoms with van der Waals surface area (Å²) in [5, 5.41) is 27.1. The molecular formula is C17H18N6O3S. The molecule has 0 fully saturated rings. The third kappa shape index (κ3) is 4.73. The molecule has 0 aliphatic heterocycles. The van der Waals surface area contributed by atoms with Crippen LogP contribution in [0.15, 0.2) is 36.5 Å². The molecule has 27 heavy (non-hydrogen) atoms. The van der Waals surface area contributed by atoms with Crippen LogP contribution in [0, 0.1) is 10.1 Å². The fourth-order valence-electron chi connectivity index (χ4n) is 2.43. The Hall–Kier alpha value is -3.14. The van der Waals surface area contributed by atoms with Crippen LogP contribution in [0.4, 0.5) is 10.8 Å². The number of nitrogens with one attached hydrogen (secondary N) is 1. The average Bonchev–Trinajstić information content (AvgIpc) is 3.32. The lowest BCUT2D eigenvalue weighted by atomic mass is 10.2. The molecule has 1 aromatic carbocycles. The Balaban J connectivity index is 1.67. The van der Waals surface area contributed by atoms with E-state index in [0.29, 0.717) is 10.8 Å². The van der Waals surface area contributed by atoms with Crippen molar-refractivity contribution in [2.75, 3.05) is 5.32 Å². The zero-order valence-electron chi connectivity index (χ0n) is 14.7. The molecule has 140 valence electrons. The van der Waals surface area contributed by atoms with Crippen molar-refractivity contribution in [2.45, 2.75) is 32.6 Å². The van der Waals surface area contributed by atoms with Gasteiger partial charge in [-0.05, 0) is 18.6 Å². The van der Waals surface area contributed by atoms with Crippen LogP contribution < -0.4 is 5.32 Å². The number of nitro benzene ring substituents is 1. The zero-order chi connectivity index (χ0) is 19.2. The first kappa shape index (κ1) is 18.6. The molecule has 0 unspecified atom stereocenters. The molecule has 0 aliphatic carbocycles. The van der Waals surface area contributed by atoms with Gasteiger partial charge >= 0.3 is 0 Å². The van der Waals surface area contributed by atoms with Crippen molar-refractivity contribution >= 4 is 28.1 Å². The zero-order valence-corrected chi connectivity index (χ0v) is 15.5. The molecule has 2 aromatic heterocycles. The van der Waals surface area contributed by atoms with Gasteiger partial charge in [-0.3, -0.25) is 20.2 Å². The fourth-order valence-corrected chi connectivity index (χ4v) is 3.21. The molecule has 0 saturated heterocycles. The number of nitro groups is 1. The van der Waals surface area contributed by atoms with E-state index in [2.05, 4.69) is 27.5 Å². The number of carbonyl (C=O) groups excluding carboxylic acids is 1. The van der Waals surface area contributed by atoms with Gasteiger partial charge < -0.3 is 0 Å². The lowest BCUT2D eigenvalue weighted by molar-refractivity contribution is -0.384. The standard InChI is InChI=1S/C17H18N6O3S/c1-2-3-4-8-15-19-20-17(27-15)18-16(24)14-9-10-22(21-14)12-6-5-7-13(11-12)23(25)26/h5-7,9-11H,2-4,8H2,1H3,(H,18,20,24). The van der Waals surface area contributed by atoms with Crippen molar-refractivity contribution in [2.24, 2.45) is 0 Å². The van der Waals surface area contributed by atoms with Gasteiger partial charge in [0, 0.05) is 24.8 Å². The number of rotatable bonds is 8. The van der Waals surface area contributed by atoms with Gasteiger partial charge in [-0.1, -0.05) is 37.2 Å². The first-order valence-electron chi connectivity index (χ1n) is 8.51. The maximum Gasteiger partial charge on any atom is 0.277 e. The number of aromatic nitrogens is 4. The first-order chi connectivity index (χ1) is 13.1. The predicted octanol–water partition coefficient (Wildman–Crippen LogP) is 3.62. The first-order valence-corrected chi connectivity index (χ1v) is 9.32. The summed E-state index contributed by atoms with van der Waals surface area (Å²) in [7, 11) is 0. The average molecular weight is 386 g/mol. The van der Waals surface area contributed by atoms with Crippen LogP contribution in [0.25, 0.3) is 5.69 Å². The quantitative estimate of drug-likeness (QED) is 0.359. The minimum Gasteiger partial charge on any atom is -0.295 e. The number of amides is 1. The van der Waals surface area contributed by atoms with Crippen molar-refractivity contribution in [3.8, 4) is 5.69 Å². The van der Waals surface area contributed by atoms with E-state index in [-0.39, 0.29) is 11.4 Å². The maximum atomic E-state index is 12.3. The predicted molar refractivity (Wildman–Crippen MR) is 101 cm³/mol. The summed E-state index contributed by atoms with van der Waals surface area (Å²) in [5.74, 6) is -0.407. The van der Waals surface area contributed by atoms with Gasteiger partial charge in [0.2, 0.25) is 5.13 Å². The molecular weight excluding hydrogens is 368 g/mol. The molecule has 3 aromatic rings. The monoisotopic (exact) mass is 386 g/mol. The van der Waals surface area contributed by atoms with Crippen molar-refractivity contribution in [1.82, 2.24) is 20.0 Å². The van der Waals surface area contributed by atoms with Gasteiger partial charge in [0.15, 0.2) is 5.69 Å². The van der Waals surface area contributed by atoms with E-state index >= 15 is 0 Å². The van der Waals surface area contributed by atoms with Crippen LogP contribution in [0.1, 0.15) is 41.7 Å². The molecule has 0 bridgehead atoms. The summed E-state index contributed by atoms with van der Waals surface area (Å²) in [6.07, 6.45) is 5.74. The van der Waals surface area contributed by atoms with E-state index in [1.165, 1.54) is 34.2 Å². The number of benzene rings is 1. The van der Waals surface area contributed by atoms with Crippen LogP contribution in [-0.2, 0) is 6.42 Å². The Morgan fingerprint density at radius 1 is 1.30 bits per heavy atom. The summed E-state index contributed by atoms with van der Waals surface area (Å²) in [4.78, 5) is 22.8. The van der Waals surface area contributed by atoms with Crippen LogP contribution in [0.3, 0.4) is 0 Å². The van der Waals surface area contributed by atoms with E-state index in [1.807, 2.05) is 0 Å². The minimum atomic E-state index is -0.478. The summed E-state index contributed by atoms with van der Waals surface area (Å²) in [6.45, 7) is 2.14. The third-order valence-corrected chi connectivity index (χ3v) is 4.71. The topological polar surface area (TPSA) is 116 Å². The van der Waals surface area contributed by atoms with Gasteiger partial charge in [-0.2, -0.15) is 5.10 Å². The Morgan fingerprint density at radius 3 is 2.93 bits per heavy atom. The highest BCUT2D eigenvalue weighted by atomic mass is 32.1. The van der Waals surface area contributed by atoms with Gasteiger partial charge in [0.05, 0.1) is 10.6 Å². The van der Waals surface area contributed by atoms with E-state index in [1.54, 1.807) is 18.3 Å². The Bertz CT molecular complexity index is 952. The summed E-state index contributed by atoms with van der Waals surface area (Å²) in [5.41, 5.74) is 0.639. The summed E-state index contributed by atoms with van der Waals surface area (Å²) in [6, 6.07) is 7.57. The molecule has 0 saturated carbocycles. The van der Waals surface area contributed by atoms with Crippen molar-refractivity contribution in [3.05, 3.63) is 57.3 Å². The molecule has 1 N–H and O–H groups in total. The normalized spacial score (nSPS) is 10.7. The lowest BCUT2D eigenvalue weighted by Crippen LogP contribution is -2.13. The van der Waals surface area contributed by atoms with E-state index < -0.39 is 10.8 Å². The number of hydrogen-bond acceptors (Lipinski definition) is 7. The number of aryl methyl sites for hydroxylation is 1. The second kappa shape index (κ2) is 8.49. The van der Waals surface area contributed by atoms with Gasteiger partial charge in [0.1, 0.15) is 5.01 Å². The van der Waals surface area contributed by atoms with Crippen molar-refractivity contribution in [1.29, 1.82) is 0 Å². The molecule has 0 aliphatic rings. The number of non-ortho nitro benzene ring substituents is 1. The van der Waals surface area contributed by atoms with Crippen LogP contribution in [-0.4, -0.2) is 30.8 Å². The molecule has 1 amide bonds. The number of anilines is 1. The number of nitrogens with zero attached hydrogens (tertiary/aromatic N) is 5. The van der Waals surface area contributed by atoms with Crippen LogP contribution in [0.2, 0.25) is 0 Å². The van der Waals surface area contributed by atoms with Crippen molar-refractivity contribution in [3.63, 3.8) is 0 Å². The van der Waals surface area contributed by atoms with E-state index in [0.717, 1.165) is 30.7 Å². The molecule has 0 spiro atoms. The highest BCUT2D eigenvalue weighted by Crippen LogP contribution is 2.19. The number of unbranched alkanes of at least 4 members (excludes halogenated alkanes) is 2. The van der Waals surface area contributed by atoms with Gasteiger partial charge in [-0.25, -0.2) is 4.68 Å². The Kier molecular flexibility index (Phi) is 5.87. The number of hydrogen-bond donors (Lipinski definition) is 1. The highest BCUT2D eigenvalue weighted by Gasteiger charge is 2.14. The fraction of sp³-hybridized carbons (Fsp3) is 0.294. The summed E-state index contributed by atoms with van der Waals surface area (Å²) < 4.78 is 1.41. The molecule has 2 heterocycles. The Labute approximate surface area is 159 Å². The van der Waals surface area contributed by atoms with Crippen LogP contribution >= 0.6 is 11.3 Å². The third-order valence-electron chi connectivity index (χ3n) is 3.81. The minimum absolute atomic E-state index is 0.0431. The Morgan fingerprint density at radius 2 is 2.15 bits per heavy atom. The maximum absolute atomic E-state index is 12.3. The highest BCUT2D eigenvalue weighted by molar-refractivity contribution is 7.15. The lowest BCUT2D eigenvalue weighted by Gasteiger charge is -2.01. The van der Waals surface area contributed by atoms with Gasteiger partial charge in [0.25, 0.3) is 11.6 Å². The van der Waals surface area contributed by atoms with E-state index in [4.69, 9.17) is 0 Å². The van der Waals surface area contributed by atoms with E-state index in [9.17, 15) is 14.9 Å². The van der Waals surface area contributed by atoms with Crippen LogP contribution in [0.5, 0.6) is 0 Å².